The Labute approximate surface area is 120 Å². The summed E-state index contributed by atoms with van der Waals surface area (Å²) in [6.07, 6.45) is 1.72. The van der Waals surface area contributed by atoms with Crippen molar-refractivity contribution in [3.63, 3.8) is 0 Å². The van der Waals surface area contributed by atoms with Crippen molar-refractivity contribution in [2.45, 2.75) is 10.6 Å². The van der Waals surface area contributed by atoms with E-state index in [1.54, 1.807) is 36.2 Å². The summed E-state index contributed by atoms with van der Waals surface area (Å²) in [6, 6.07) is 13.7. The second kappa shape index (κ2) is 5.51. The SMILES string of the molecule is Oc1ccc(SCc2cc(F)cc3cccnc23)cc1. The summed E-state index contributed by atoms with van der Waals surface area (Å²) in [4.78, 5) is 5.35. The van der Waals surface area contributed by atoms with Crippen molar-refractivity contribution >= 4 is 22.7 Å². The Balaban J connectivity index is 1.88. The highest BCUT2D eigenvalue weighted by molar-refractivity contribution is 7.98. The number of nitrogens with zero attached hydrogens (tertiary/aromatic N) is 1. The standard InChI is InChI=1S/C16H12FNOS/c17-13-8-11-2-1-7-18-16(11)12(9-13)10-20-15-5-3-14(19)4-6-15/h1-9,19H,10H2. The molecule has 0 amide bonds. The van der Waals surface area contributed by atoms with Crippen LogP contribution in [0.2, 0.25) is 0 Å². The van der Waals surface area contributed by atoms with Gasteiger partial charge in [-0.3, -0.25) is 4.98 Å². The van der Waals surface area contributed by atoms with E-state index in [-0.39, 0.29) is 11.6 Å². The summed E-state index contributed by atoms with van der Waals surface area (Å²) in [5.74, 6) is 0.634. The molecule has 3 rings (SSSR count). The maximum Gasteiger partial charge on any atom is 0.124 e. The lowest BCUT2D eigenvalue weighted by Gasteiger charge is -2.06. The lowest BCUT2D eigenvalue weighted by molar-refractivity contribution is 0.475. The summed E-state index contributed by atoms with van der Waals surface area (Å²) in [5, 5.41) is 10.1. The van der Waals surface area contributed by atoms with Crippen molar-refractivity contribution in [1.29, 1.82) is 0 Å². The molecule has 100 valence electrons. The van der Waals surface area contributed by atoms with E-state index in [1.807, 2.05) is 18.2 Å². The maximum atomic E-state index is 13.6. The van der Waals surface area contributed by atoms with Crippen LogP contribution in [0.15, 0.2) is 59.6 Å². The van der Waals surface area contributed by atoms with Crippen LogP contribution in [0.3, 0.4) is 0 Å². The number of halogens is 1. The van der Waals surface area contributed by atoms with E-state index in [9.17, 15) is 9.50 Å². The number of hydrogen-bond acceptors (Lipinski definition) is 3. The zero-order valence-electron chi connectivity index (χ0n) is 10.6. The Hall–Kier alpha value is -2.07. The highest BCUT2D eigenvalue weighted by Gasteiger charge is 2.06. The highest BCUT2D eigenvalue weighted by atomic mass is 32.2. The highest BCUT2D eigenvalue weighted by Crippen LogP contribution is 2.28. The van der Waals surface area contributed by atoms with Crippen molar-refractivity contribution in [1.82, 2.24) is 4.98 Å². The number of benzene rings is 2. The van der Waals surface area contributed by atoms with E-state index in [0.29, 0.717) is 5.75 Å². The second-order valence-corrected chi connectivity index (χ2v) is 5.47. The van der Waals surface area contributed by atoms with Gasteiger partial charge in [0.1, 0.15) is 11.6 Å². The third kappa shape index (κ3) is 2.75. The molecule has 0 aliphatic rings. The van der Waals surface area contributed by atoms with Gasteiger partial charge in [-0.25, -0.2) is 4.39 Å². The van der Waals surface area contributed by atoms with Gasteiger partial charge >= 0.3 is 0 Å². The first kappa shape index (κ1) is 12.9. The number of hydrogen-bond donors (Lipinski definition) is 1. The fourth-order valence-corrected chi connectivity index (χ4v) is 2.91. The number of phenols is 1. The number of phenolic OH excluding ortho intramolecular Hbond substituents is 1. The van der Waals surface area contributed by atoms with Gasteiger partial charge < -0.3 is 5.11 Å². The summed E-state index contributed by atoms with van der Waals surface area (Å²) < 4.78 is 13.6. The first-order valence-electron chi connectivity index (χ1n) is 6.17. The van der Waals surface area contributed by atoms with Crippen LogP contribution < -0.4 is 0 Å². The van der Waals surface area contributed by atoms with Gasteiger partial charge in [0.2, 0.25) is 0 Å². The average Bonchev–Trinajstić information content (AvgIpc) is 2.46. The minimum Gasteiger partial charge on any atom is -0.508 e. The molecule has 0 spiro atoms. The van der Waals surface area contributed by atoms with E-state index in [1.165, 1.54) is 12.1 Å². The molecule has 0 aliphatic carbocycles. The molecule has 4 heteroatoms. The molecule has 0 fully saturated rings. The summed E-state index contributed by atoms with van der Waals surface area (Å²) in [5.41, 5.74) is 1.71. The van der Waals surface area contributed by atoms with Gasteiger partial charge in [-0.05, 0) is 48.0 Å². The molecule has 2 aromatic carbocycles. The van der Waals surface area contributed by atoms with E-state index in [2.05, 4.69) is 4.98 Å². The summed E-state index contributed by atoms with van der Waals surface area (Å²) in [6.45, 7) is 0. The molecule has 2 nitrogen and oxygen atoms in total. The molecule has 0 aliphatic heterocycles. The quantitative estimate of drug-likeness (QED) is 0.725. The molecule has 0 atom stereocenters. The molecule has 0 saturated carbocycles. The third-order valence-electron chi connectivity index (χ3n) is 2.98. The molecule has 20 heavy (non-hydrogen) atoms. The molecule has 1 heterocycles. The van der Waals surface area contributed by atoms with Gasteiger partial charge in [0.15, 0.2) is 0 Å². The van der Waals surface area contributed by atoms with E-state index >= 15 is 0 Å². The monoisotopic (exact) mass is 285 g/mol. The van der Waals surface area contributed by atoms with Crippen molar-refractivity contribution in [2.75, 3.05) is 0 Å². The van der Waals surface area contributed by atoms with Crippen molar-refractivity contribution < 1.29 is 9.50 Å². The topological polar surface area (TPSA) is 33.1 Å². The van der Waals surface area contributed by atoms with Gasteiger partial charge in [-0.15, -0.1) is 11.8 Å². The first-order valence-corrected chi connectivity index (χ1v) is 7.16. The van der Waals surface area contributed by atoms with Crippen molar-refractivity contribution in [2.24, 2.45) is 0 Å². The number of rotatable bonds is 3. The van der Waals surface area contributed by atoms with Crippen molar-refractivity contribution in [3.8, 4) is 5.75 Å². The number of fused-ring (bicyclic) bond motifs is 1. The Morgan fingerprint density at radius 3 is 2.70 bits per heavy atom. The van der Waals surface area contributed by atoms with Gasteiger partial charge in [0.05, 0.1) is 5.52 Å². The van der Waals surface area contributed by atoms with E-state index < -0.39 is 0 Å². The lowest BCUT2D eigenvalue weighted by atomic mass is 10.1. The smallest absolute Gasteiger partial charge is 0.124 e. The molecule has 1 aromatic heterocycles. The van der Waals surface area contributed by atoms with Crippen LogP contribution >= 0.6 is 11.8 Å². The van der Waals surface area contributed by atoms with Crippen molar-refractivity contribution in [3.05, 3.63) is 66.1 Å². The number of pyridine rings is 1. The Morgan fingerprint density at radius 2 is 1.90 bits per heavy atom. The number of thioether (sulfide) groups is 1. The van der Waals surface area contributed by atoms with E-state index in [4.69, 9.17) is 0 Å². The van der Waals surface area contributed by atoms with Crippen LogP contribution in [-0.4, -0.2) is 10.1 Å². The Kier molecular flexibility index (Phi) is 3.56. The van der Waals surface area contributed by atoms with Gasteiger partial charge in [-0.1, -0.05) is 6.07 Å². The predicted molar refractivity (Wildman–Crippen MR) is 79.4 cm³/mol. The maximum absolute atomic E-state index is 13.6. The molecule has 0 radical (unpaired) electrons. The van der Waals surface area contributed by atoms with Crippen LogP contribution in [0.4, 0.5) is 4.39 Å². The minimum absolute atomic E-state index is 0.243. The number of aromatic hydroxyl groups is 1. The van der Waals surface area contributed by atoms with E-state index in [0.717, 1.165) is 21.4 Å². The van der Waals surface area contributed by atoms with Crippen LogP contribution in [0, 0.1) is 5.82 Å². The van der Waals surface area contributed by atoms with Crippen LogP contribution in [0.1, 0.15) is 5.56 Å². The minimum atomic E-state index is -0.244. The predicted octanol–water partition coefficient (Wildman–Crippen LogP) is 4.37. The normalized spacial score (nSPS) is 10.8. The lowest BCUT2D eigenvalue weighted by Crippen LogP contribution is -1.89. The summed E-state index contributed by atoms with van der Waals surface area (Å²) >= 11 is 1.59. The molecule has 1 N–H and O–H groups in total. The number of aromatic nitrogens is 1. The zero-order chi connectivity index (χ0) is 13.9. The average molecular weight is 285 g/mol. The van der Waals surface area contributed by atoms with Gasteiger partial charge in [0, 0.05) is 22.2 Å². The second-order valence-electron chi connectivity index (χ2n) is 4.42. The summed E-state index contributed by atoms with van der Waals surface area (Å²) in [7, 11) is 0. The fourth-order valence-electron chi connectivity index (χ4n) is 2.04. The van der Waals surface area contributed by atoms with Gasteiger partial charge in [0.25, 0.3) is 0 Å². The van der Waals surface area contributed by atoms with Gasteiger partial charge in [-0.2, -0.15) is 0 Å². The zero-order valence-corrected chi connectivity index (χ0v) is 11.4. The van der Waals surface area contributed by atoms with Crippen LogP contribution in [0.5, 0.6) is 5.75 Å². The first-order chi connectivity index (χ1) is 9.72. The third-order valence-corrected chi connectivity index (χ3v) is 4.04. The molecular weight excluding hydrogens is 273 g/mol. The molecular formula is C16H12FNOS. The molecule has 0 saturated heterocycles. The Bertz CT molecular complexity index is 743. The molecule has 0 bridgehead atoms. The molecule has 0 unspecified atom stereocenters. The molecule has 3 aromatic rings. The largest absolute Gasteiger partial charge is 0.508 e. The van der Waals surface area contributed by atoms with Crippen LogP contribution in [-0.2, 0) is 5.75 Å². The fraction of sp³-hybridized carbons (Fsp3) is 0.0625. The van der Waals surface area contributed by atoms with Crippen LogP contribution in [0.25, 0.3) is 10.9 Å². The Morgan fingerprint density at radius 1 is 1.10 bits per heavy atom.